The molecule has 1 aromatic heterocycles. The molecule has 1 spiro atoms. The Morgan fingerprint density at radius 2 is 1.90 bits per heavy atom. The lowest BCUT2D eigenvalue weighted by molar-refractivity contribution is 0.0977. The molecule has 2 saturated carbocycles. The zero-order valence-electron chi connectivity index (χ0n) is 17.7. The van der Waals surface area contributed by atoms with Gasteiger partial charge in [0, 0.05) is 17.1 Å². The molecule has 0 bridgehead atoms. The normalized spacial score (nSPS) is 17.8. The maximum atomic E-state index is 12.4. The molecule has 1 heterocycles. The number of rotatable bonds is 6. The number of sulfonamides is 1. The second-order valence-corrected chi connectivity index (χ2v) is 11.7. The highest BCUT2D eigenvalue weighted by atomic mass is 32.2. The van der Waals surface area contributed by atoms with Gasteiger partial charge in [0.2, 0.25) is 10.0 Å². The van der Waals surface area contributed by atoms with E-state index in [2.05, 4.69) is 16.0 Å². The van der Waals surface area contributed by atoms with Crippen molar-refractivity contribution in [2.24, 2.45) is 11.3 Å². The zero-order valence-corrected chi connectivity index (χ0v) is 19.4. The predicted molar refractivity (Wildman–Crippen MR) is 121 cm³/mol. The van der Waals surface area contributed by atoms with Crippen LogP contribution in [-0.2, 0) is 10.0 Å². The summed E-state index contributed by atoms with van der Waals surface area (Å²) in [5.74, 6) is -0.185. The number of hydrogen-bond donors (Lipinski definition) is 1. The van der Waals surface area contributed by atoms with Gasteiger partial charge in [0.15, 0.2) is 5.13 Å². The Bertz CT molecular complexity index is 1120. The third-order valence-electron chi connectivity index (χ3n) is 6.38. The first-order valence-corrected chi connectivity index (χ1v) is 13.2. The average molecular weight is 459 g/mol. The quantitative estimate of drug-likeness (QED) is 0.698. The molecule has 1 amide bonds. The van der Waals surface area contributed by atoms with Gasteiger partial charge < -0.3 is 4.90 Å². The summed E-state index contributed by atoms with van der Waals surface area (Å²) in [4.78, 5) is 19.7. The number of benzene rings is 1. The number of hydrogen-bond acceptors (Lipinski definition) is 7. The summed E-state index contributed by atoms with van der Waals surface area (Å²) in [5.41, 5.74) is 2.24. The largest absolute Gasteiger partial charge is 0.318 e. The molecule has 2 aliphatic carbocycles. The number of carbonyl (C=O) groups excluding carboxylic acids is 1. The Morgan fingerprint density at radius 1 is 1.26 bits per heavy atom. The van der Waals surface area contributed by atoms with Crippen molar-refractivity contribution >= 4 is 38.1 Å². The first-order valence-electron chi connectivity index (χ1n) is 10.5. The van der Waals surface area contributed by atoms with Gasteiger partial charge >= 0.3 is 0 Å². The molecule has 2 fully saturated rings. The maximum absolute atomic E-state index is 12.4. The van der Waals surface area contributed by atoms with Crippen LogP contribution in [0.5, 0.6) is 0 Å². The molecule has 1 N–H and O–H groups in total. The van der Waals surface area contributed by atoms with Crippen molar-refractivity contribution in [1.29, 1.82) is 5.26 Å². The Hall–Kier alpha value is -2.44. The summed E-state index contributed by atoms with van der Waals surface area (Å²) in [6.45, 7) is 2.55. The van der Waals surface area contributed by atoms with Gasteiger partial charge in [-0.2, -0.15) is 5.26 Å². The Morgan fingerprint density at radius 3 is 2.45 bits per heavy atom. The van der Waals surface area contributed by atoms with Crippen molar-refractivity contribution in [1.82, 2.24) is 9.71 Å². The van der Waals surface area contributed by atoms with Crippen LogP contribution >= 0.6 is 11.3 Å². The first kappa shape index (κ1) is 21.8. The van der Waals surface area contributed by atoms with Crippen LogP contribution < -0.4 is 9.62 Å². The number of thiazole rings is 1. The molecule has 0 atom stereocenters. The van der Waals surface area contributed by atoms with Crippen LogP contribution in [0.2, 0.25) is 0 Å². The van der Waals surface area contributed by atoms with E-state index in [1.54, 1.807) is 19.1 Å². The fourth-order valence-electron chi connectivity index (χ4n) is 4.34. The summed E-state index contributed by atoms with van der Waals surface area (Å²) in [6, 6.07) is 9.49. The number of carbonyl (C=O) groups is 1. The van der Waals surface area contributed by atoms with Crippen LogP contribution in [0.15, 0.2) is 24.3 Å². The van der Waals surface area contributed by atoms with Gasteiger partial charge in [-0.1, -0.05) is 0 Å². The van der Waals surface area contributed by atoms with Crippen LogP contribution in [0.4, 0.5) is 10.8 Å². The van der Waals surface area contributed by atoms with Crippen LogP contribution in [-0.4, -0.2) is 32.1 Å². The molecular weight excluding hydrogens is 432 g/mol. The van der Waals surface area contributed by atoms with E-state index in [0.29, 0.717) is 26.9 Å². The van der Waals surface area contributed by atoms with Gasteiger partial charge in [0.25, 0.3) is 5.91 Å². The molecular formula is C22H26N4O3S2. The van der Waals surface area contributed by atoms with E-state index in [-0.39, 0.29) is 5.69 Å². The van der Waals surface area contributed by atoms with E-state index in [0.717, 1.165) is 18.5 Å². The maximum Gasteiger partial charge on any atom is 0.284 e. The number of anilines is 2. The van der Waals surface area contributed by atoms with Crippen LogP contribution in [0.1, 0.15) is 59.5 Å². The van der Waals surface area contributed by atoms with Crippen molar-refractivity contribution in [2.45, 2.75) is 45.4 Å². The van der Waals surface area contributed by atoms with Crippen molar-refractivity contribution in [3.8, 4) is 6.07 Å². The minimum atomic E-state index is -3.67. The number of nitrogens with zero attached hydrogens (tertiary/aromatic N) is 3. The lowest BCUT2D eigenvalue weighted by Crippen LogP contribution is -2.30. The van der Waals surface area contributed by atoms with E-state index in [1.807, 2.05) is 16.9 Å². The van der Waals surface area contributed by atoms with Gasteiger partial charge in [0.05, 0.1) is 17.9 Å². The number of amides is 1. The molecule has 7 nitrogen and oxygen atoms in total. The molecule has 164 valence electrons. The van der Waals surface area contributed by atoms with E-state index >= 15 is 0 Å². The Balaban J connectivity index is 1.61. The minimum absolute atomic E-state index is 0.129. The lowest BCUT2D eigenvalue weighted by Gasteiger charge is -2.33. The second kappa shape index (κ2) is 8.24. The highest BCUT2D eigenvalue weighted by Crippen LogP contribution is 2.57. The second-order valence-electron chi connectivity index (χ2n) is 8.82. The van der Waals surface area contributed by atoms with Gasteiger partial charge in [-0.25, -0.2) is 18.1 Å². The number of aromatic nitrogens is 1. The predicted octanol–water partition coefficient (Wildman–Crippen LogP) is 4.12. The average Bonchev–Trinajstić information content (AvgIpc) is 3.36. The lowest BCUT2D eigenvalue weighted by atomic mass is 9.79. The minimum Gasteiger partial charge on any atom is -0.318 e. The zero-order chi connectivity index (χ0) is 22.2. The molecule has 1 aromatic carbocycles. The van der Waals surface area contributed by atoms with Crippen molar-refractivity contribution in [2.75, 3.05) is 17.7 Å². The van der Waals surface area contributed by atoms with E-state index in [4.69, 9.17) is 5.26 Å². The number of nitriles is 1. The van der Waals surface area contributed by atoms with Gasteiger partial charge in [-0.05, 0) is 81.0 Å². The smallest absolute Gasteiger partial charge is 0.284 e. The molecule has 31 heavy (non-hydrogen) atoms. The van der Waals surface area contributed by atoms with Gasteiger partial charge in [0.1, 0.15) is 5.69 Å². The van der Waals surface area contributed by atoms with Crippen LogP contribution in [0, 0.1) is 29.6 Å². The fraction of sp³-hybridized carbons (Fsp3) is 0.500. The summed E-state index contributed by atoms with van der Waals surface area (Å²) < 4.78 is 25.0. The Labute approximate surface area is 187 Å². The van der Waals surface area contributed by atoms with Gasteiger partial charge in [-0.3, -0.25) is 4.79 Å². The number of nitrogens with one attached hydrogen (secondary N) is 1. The Kier molecular flexibility index (Phi) is 5.79. The molecule has 0 unspecified atom stereocenters. The summed E-state index contributed by atoms with van der Waals surface area (Å²) in [7, 11) is -3.67. The summed E-state index contributed by atoms with van der Waals surface area (Å²) in [5, 5.41) is 9.79. The SMILES string of the molecule is Cc1sc(N(CC2CCC3(CC2)CC3)c2ccc(C#N)cc2)nc1C(=O)NS(C)(=O)=O. The van der Waals surface area contributed by atoms with Crippen molar-refractivity contribution in [3.63, 3.8) is 0 Å². The monoisotopic (exact) mass is 458 g/mol. The topological polar surface area (TPSA) is 103 Å². The van der Waals surface area contributed by atoms with E-state index in [9.17, 15) is 13.2 Å². The van der Waals surface area contributed by atoms with Crippen molar-refractivity contribution < 1.29 is 13.2 Å². The van der Waals surface area contributed by atoms with Crippen LogP contribution in [0.25, 0.3) is 0 Å². The number of aryl methyl sites for hydroxylation is 1. The van der Waals surface area contributed by atoms with Crippen LogP contribution in [0.3, 0.4) is 0 Å². The highest BCUT2D eigenvalue weighted by Gasteiger charge is 2.44. The molecule has 9 heteroatoms. The molecule has 4 rings (SSSR count). The molecule has 0 aliphatic heterocycles. The molecule has 2 aliphatic rings. The first-order chi connectivity index (χ1) is 14.7. The summed E-state index contributed by atoms with van der Waals surface area (Å²) >= 11 is 1.38. The third-order valence-corrected chi connectivity index (χ3v) is 7.93. The van der Waals surface area contributed by atoms with Crippen molar-refractivity contribution in [3.05, 3.63) is 40.4 Å². The standard InChI is InChI=1S/C22H26N4O3S2/c1-15-19(20(27)25-31(2,28)29)24-21(30-15)26(18-5-3-16(13-23)4-6-18)14-17-7-9-22(10-8-17)11-12-22/h3-6,17H,7-12,14H2,1-2H3,(H,25,27). The molecule has 0 radical (unpaired) electrons. The van der Waals surface area contributed by atoms with E-state index in [1.165, 1.54) is 49.9 Å². The van der Waals surface area contributed by atoms with Gasteiger partial charge in [-0.15, -0.1) is 11.3 Å². The molecule has 0 saturated heterocycles. The highest BCUT2D eigenvalue weighted by molar-refractivity contribution is 7.89. The third kappa shape index (κ3) is 5.08. The van der Waals surface area contributed by atoms with E-state index < -0.39 is 15.9 Å². The fourth-order valence-corrected chi connectivity index (χ4v) is 5.71. The summed E-state index contributed by atoms with van der Waals surface area (Å²) in [6.07, 6.45) is 8.59. The molecule has 2 aromatic rings.